The van der Waals surface area contributed by atoms with Crippen molar-refractivity contribution >= 4 is 37.5 Å². The van der Waals surface area contributed by atoms with Crippen molar-refractivity contribution in [2.75, 3.05) is 12.4 Å². The lowest BCUT2D eigenvalue weighted by atomic mass is 10.1. The van der Waals surface area contributed by atoms with Gasteiger partial charge in [-0.15, -0.1) is 0 Å². The number of rotatable bonds is 4. The van der Waals surface area contributed by atoms with Crippen LogP contribution in [0.15, 0.2) is 45.3 Å². The third-order valence-electron chi connectivity index (χ3n) is 2.98. The number of hydrogen-bond donors (Lipinski definition) is 1. The average Bonchev–Trinajstić information content (AvgIpc) is 2.43. The van der Waals surface area contributed by atoms with Crippen LogP contribution in [0.25, 0.3) is 0 Å². The van der Waals surface area contributed by atoms with Crippen molar-refractivity contribution < 1.29 is 9.13 Å². The summed E-state index contributed by atoms with van der Waals surface area (Å²) >= 11 is 6.62. The van der Waals surface area contributed by atoms with E-state index in [1.54, 1.807) is 19.2 Å². The normalized spacial score (nSPS) is 12.1. The van der Waals surface area contributed by atoms with E-state index in [9.17, 15) is 4.39 Å². The summed E-state index contributed by atoms with van der Waals surface area (Å²) in [6.45, 7) is 2.02. The molecule has 0 spiro atoms. The lowest BCUT2D eigenvalue weighted by molar-refractivity contribution is 0.412. The SMILES string of the molecule is COc1cc(NC(C)c2ccc(F)c(Br)c2)ccc1Br. The van der Waals surface area contributed by atoms with E-state index in [4.69, 9.17) is 4.74 Å². The zero-order valence-electron chi connectivity index (χ0n) is 11.1. The molecule has 0 aliphatic rings. The molecule has 0 fully saturated rings. The van der Waals surface area contributed by atoms with Crippen molar-refractivity contribution in [1.82, 2.24) is 0 Å². The maximum Gasteiger partial charge on any atom is 0.137 e. The van der Waals surface area contributed by atoms with Gasteiger partial charge < -0.3 is 10.1 Å². The summed E-state index contributed by atoms with van der Waals surface area (Å²) in [7, 11) is 1.63. The largest absolute Gasteiger partial charge is 0.495 e. The van der Waals surface area contributed by atoms with Crippen LogP contribution in [-0.2, 0) is 0 Å². The third kappa shape index (κ3) is 3.52. The Hall–Kier alpha value is -1.07. The first kappa shape index (κ1) is 15.3. The van der Waals surface area contributed by atoms with Crippen molar-refractivity contribution in [3.05, 3.63) is 56.7 Å². The Morgan fingerprint density at radius 2 is 1.85 bits per heavy atom. The molecular formula is C15H14Br2FNO. The van der Waals surface area contributed by atoms with Gasteiger partial charge in [-0.3, -0.25) is 0 Å². The molecule has 0 radical (unpaired) electrons. The van der Waals surface area contributed by atoms with Crippen LogP contribution in [-0.4, -0.2) is 7.11 Å². The first-order valence-corrected chi connectivity index (χ1v) is 7.65. The second-order valence-corrected chi connectivity index (χ2v) is 6.10. The molecule has 0 aliphatic carbocycles. The van der Waals surface area contributed by atoms with E-state index in [0.717, 1.165) is 21.5 Å². The molecule has 0 bridgehead atoms. The molecule has 2 aromatic carbocycles. The third-order valence-corrected chi connectivity index (χ3v) is 4.24. The Balaban J connectivity index is 2.18. The number of ether oxygens (including phenoxy) is 1. The monoisotopic (exact) mass is 401 g/mol. The predicted octanol–water partition coefficient (Wildman–Crippen LogP) is 5.53. The summed E-state index contributed by atoms with van der Waals surface area (Å²) in [6.07, 6.45) is 0. The van der Waals surface area contributed by atoms with Gasteiger partial charge in [0, 0.05) is 17.8 Å². The summed E-state index contributed by atoms with van der Waals surface area (Å²) in [5, 5.41) is 3.36. The van der Waals surface area contributed by atoms with Crippen LogP contribution in [0.1, 0.15) is 18.5 Å². The maximum atomic E-state index is 13.2. The maximum absolute atomic E-state index is 13.2. The molecule has 2 aromatic rings. The average molecular weight is 403 g/mol. The van der Waals surface area contributed by atoms with Crippen LogP contribution in [0.4, 0.5) is 10.1 Å². The fourth-order valence-corrected chi connectivity index (χ4v) is 2.67. The molecule has 1 N–H and O–H groups in total. The Morgan fingerprint density at radius 1 is 1.10 bits per heavy atom. The van der Waals surface area contributed by atoms with E-state index in [2.05, 4.69) is 37.2 Å². The van der Waals surface area contributed by atoms with Crippen LogP contribution in [0.2, 0.25) is 0 Å². The number of anilines is 1. The van der Waals surface area contributed by atoms with Crippen LogP contribution in [0, 0.1) is 5.82 Å². The lowest BCUT2D eigenvalue weighted by Gasteiger charge is -2.17. The van der Waals surface area contributed by atoms with E-state index in [1.165, 1.54) is 6.07 Å². The van der Waals surface area contributed by atoms with Crippen molar-refractivity contribution in [3.63, 3.8) is 0 Å². The molecule has 5 heteroatoms. The molecule has 0 aromatic heterocycles. The van der Waals surface area contributed by atoms with Gasteiger partial charge in [-0.1, -0.05) is 6.07 Å². The highest BCUT2D eigenvalue weighted by Crippen LogP contribution is 2.30. The molecule has 0 amide bonds. The Bertz CT molecular complexity index is 619. The minimum Gasteiger partial charge on any atom is -0.495 e. The second-order valence-electron chi connectivity index (χ2n) is 4.39. The predicted molar refractivity (Wildman–Crippen MR) is 86.8 cm³/mol. The zero-order chi connectivity index (χ0) is 14.7. The van der Waals surface area contributed by atoms with Gasteiger partial charge in [0.05, 0.1) is 16.1 Å². The molecular weight excluding hydrogens is 389 g/mol. The highest BCUT2D eigenvalue weighted by molar-refractivity contribution is 9.10. The molecule has 0 saturated carbocycles. The molecule has 1 unspecified atom stereocenters. The first-order chi connectivity index (χ1) is 9.51. The summed E-state index contributed by atoms with van der Waals surface area (Å²) in [6, 6.07) is 10.9. The van der Waals surface area contributed by atoms with E-state index < -0.39 is 0 Å². The van der Waals surface area contributed by atoms with Gasteiger partial charge in [-0.25, -0.2) is 4.39 Å². The zero-order valence-corrected chi connectivity index (χ0v) is 14.3. The first-order valence-electron chi connectivity index (χ1n) is 6.06. The number of halogens is 3. The van der Waals surface area contributed by atoms with Gasteiger partial charge in [0.1, 0.15) is 11.6 Å². The fourth-order valence-electron chi connectivity index (χ4n) is 1.86. The van der Waals surface area contributed by atoms with Gasteiger partial charge in [0.2, 0.25) is 0 Å². The number of benzene rings is 2. The van der Waals surface area contributed by atoms with Crippen molar-refractivity contribution in [2.24, 2.45) is 0 Å². The summed E-state index contributed by atoms with van der Waals surface area (Å²) in [5.41, 5.74) is 1.94. The Labute approximate surface area is 134 Å². The molecule has 20 heavy (non-hydrogen) atoms. The van der Waals surface area contributed by atoms with Crippen LogP contribution < -0.4 is 10.1 Å². The molecule has 1 atom stereocenters. The fraction of sp³-hybridized carbons (Fsp3) is 0.200. The molecule has 2 nitrogen and oxygen atoms in total. The highest BCUT2D eigenvalue weighted by atomic mass is 79.9. The topological polar surface area (TPSA) is 21.3 Å². The minimum atomic E-state index is -0.258. The number of hydrogen-bond acceptors (Lipinski definition) is 2. The molecule has 2 rings (SSSR count). The summed E-state index contributed by atoms with van der Waals surface area (Å²) in [5.74, 6) is 0.508. The molecule has 0 saturated heterocycles. The standard InChI is InChI=1S/C15H14Br2FNO/c1-9(10-3-6-14(18)13(17)7-10)19-11-4-5-12(16)15(8-11)20-2/h3-9,19H,1-2H3. The Kier molecular flexibility index (Phi) is 5.05. The minimum absolute atomic E-state index is 0.0535. The van der Waals surface area contributed by atoms with Gasteiger partial charge in [0.15, 0.2) is 0 Å². The van der Waals surface area contributed by atoms with Crippen molar-refractivity contribution in [2.45, 2.75) is 13.0 Å². The lowest BCUT2D eigenvalue weighted by Crippen LogP contribution is -2.07. The van der Waals surface area contributed by atoms with Crippen molar-refractivity contribution in [3.8, 4) is 5.75 Å². The van der Waals surface area contributed by atoms with Gasteiger partial charge in [-0.2, -0.15) is 0 Å². The van der Waals surface area contributed by atoms with Crippen LogP contribution in [0.3, 0.4) is 0 Å². The second kappa shape index (κ2) is 6.59. The van der Waals surface area contributed by atoms with Crippen LogP contribution in [0.5, 0.6) is 5.75 Å². The van der Waals surface area contributed by atoms with E-state index >= 15 is 0 Å². The Morgan fingerprint density at radius 3 is 2.50 bits per heavy atom. The van der Waals surface area contributed by atoms with E-state index in [0.29, 0.717) is 4.47 Å². The van der Waals surface area contributed by atoms with Gasteiger partial charge in [-0.05, 0) is 68.6 Å². The van der Waals surface area contributed by atoms with Crippen molar-refractivity contribution in [1.29, 1.82) is 0 Å². The quantitative estimate of drug-likeness (QED) is 0.725. The molecule has 106 valence electrons. The molecule has 0 heterocycles. The van der Waals surface area contributed by atoms with Gasteiger partial charge >= 0.3 is 0 Å². The number of nitrogens with one attached hydrogen (secondary N) is 1. The van der Waals surface area contributed by atoms with E-state index in [1.807, 2.05) is 25.1 Å². The summed E-state index contributed by atoms with van der Waals surface area (Å²) < 4.78 is 19.9. The molecule has 0 aliphatic heterocycles. The van der Waals surface area contributed by atoms with Gasteiger partial charge in [0.25, 0.3) is 0 Å². The number of methoxy groups -OCH3 is 1. The highest BCUT2D eigenvalue weighted by Gasteiger charge is 2.09. The van der Waals surface area contributed by atoms with Crippen LogP contribution >= 0.6 is 31.9 Å². The smallest absolute Gasteiger partial charge is 0.137 e. The summed E-state index contributed by atoms with van der Waals surface area (Å²) in [4.78, 5) is 0. The van der Waals surface area contributed by atoms with E-state index in [-0.39, 0.29) is 11.9 Å².